The first-order valence-electron chi connectivity index (χ1n) is 4.02. The third kappa shape index (κ3) is 1.48. The summed E-state index contributed by atoms with van der Waals surface area (Å²) in [5.74, 6) is -0.511. The first-order chi connectivity index (χ1) is 6.68. The molecule has 0 saturated carbocycles. The lowest BCUT2D eigenvalue weighted by atomic mass is 10.1. The molecule has 2 rings (SSSR count). The van der Waals surface area contributed by atoms with Crippen molar-refractivity contribution in [3.63, 3.8) is 0 Å². The number of amides is 1. The second-order valence-corrected chi connectivity index (χ2v) is 3.75. The lowest BCUT2D eigenvalue weighted by Gasteiger charge is -2.01. The molecule has 0 aliphatic rings. The third-order valence-electron chi connectivity index (χ3n) is 1.96. The fourth-order valence-corrected chi connectivity index (χ4v) is 1.76. The molecule has 1 heterocycles. The summed E-state index contributed by atoms with van der Waals surface area (Å²) in [4.78, 5) is 14.9. The number of benzene rings is 1. The van der Waals surface area contributed by atoms with Crippen molar-refractivity contribution in [1.29, 1.82) is 0 Å². The number of fused-ring (bicyclic) bond motifs is 1. The molecule has 0 spiro atoms. The van der Waals surface area contributed by atoms with E-state index in [1.165, 1.54) is 0 Å². The van der Waals surface area contributed by atoms with E-state index in [2.05, 4.69) is 20.9 Å². The van der Waals surface area contributed by atoms with Crippen LogP contribution < -0.4 is 5.73 Å². The summed E-state index contributed by atoms with van der Waals surface area (Å²) in [5, 5.41) is 1.92. The summed E-state index contributed by atoms with van der Waals surface area (Å²) in [7, 11) is 0. The van der Waals surface area contributed by atoms with Crippen molar-refractivity contribution in [2.75, 3.05) is 0 Å². The zero-order valence-corrected chi connectivity index (χ0v) is 8.78. The van der Waals surface area contributed by atoms with Crippen molar-refractivity contribution in [3.05, 3.63) is 40.6 Å². The molecule has 0 bridgehead atoms. The van der Waals surface area contributed by atoms with Gasteiger partial charge in [0.15, 0.2) is 0 Å². The van der Waals surface area contributed by atoms with Crippen LogP contribution in [0.1, 0.15) is 10.5 Å². The topological polar surface area (TPSA) is 56.0 Å². The number of nitrogens with zero attached hydrogens (tertiary/aromatic N) is 1. The van der Waals surface area contributed by atoms with E-state index in [0.29, 0.717) is 0 Å². The molecule has 0 radical (unpaired) electrons. The number of rotatable bonds is 1. The standard InChI is InChI=1S/C10H7BrN2O/c11-8-3-1-2-6-5-13-9(10(12)14)4-7(6)8/h1-5H,(H2,12,14). The zero-order chi connectivity index (χ0) is 10.1. The van der Waals surface area contributed by atoms with Crippen LogP contribution in [0.15, 0.2) is 34.9 Å². The first kappa shape index (κ1) is 9.15. The Morgan fingerprint density at radius 3 is 2.93 bits per heavy atom. The van der Waals surface area contributed by atoms with Gasteiger partial charge in [-0.05, 0) is 17.5 Å². The van der Waals surface area contributed by atoms with Gasteiger partial charge in [0.25, 0.3) is 5.91 Å². The maximum Gasteiger partial charge on any atom is 0.267 e. The molecular formula is C10H7BrN2O. The quantitative estimate of drug-likeness (QED) is 0.843. The summed E-state index contributed by atoms with van der Waals surface area (Å²) in [5.41, 5.74) is 5.42. The van der Waals surface area contributed by atoms with E-state index in [-0.39, 0.29) is 5.69 Å². The van der Waals surface area contributed by atoms with Gasteiger partial charge in [-0.2, -0.15) is 0 Å². The normalized spacial score (nSPS) is 10.4. The number of carbonyl (C=O) groups is 1. The highest BCUT2D eigenvalue weighted by Crippen LogP contribution is 2.23. The van der Waals surface area contributed by atoms with E-state index >= 15 is 0 Å². The van der Waals surface area contributed by atoms with Crippen LogP contribution in [0.3, 0.4) is 0 Å². The molecule has 0 aliphatic carbocycles. The predicted molar refractivity (Wildman–Crippen MR) is 58.0 cm³/mol. The van der Waals surface area contributed by atoms with Crippen LogP contribution >= 0.6 is 15.9 Å². The third-order valence-corrected chi connectivity index (χ3v) is 2.65. The lowest BCUT2D eigenvalue weighted by molar-refractivity contribution is 0.0996. The summed E-state index contributed by atoms with van der Waals surface area (Å²) in [6, 6.07) is 7.44. The molecule has 3 nitrogen and oxygen atoms in total. The molecular weight excluding hydrogens is 244 g/mol. The number of nitrogens with two attached hydrogens (primary N) is 1. The molecule has 2 N–H and O–H groups in total. The Balaban J connectivity index is 2.76. The van der Waals surface area contributed by atoms with Gasteiger partial charge in [-0.15, -0.1) is 0 Å². The summed E-state index contributed by atoms with van der Waals surface area (Å²) < 4.78 is 0.930. The number of halogens is 1. The van der Waals surface area contributed by atoms with Gasteiger partial charge in [0.1, 0.15) is 5.69 Å². The second-order valence-electron chi connectivity index (χ2n) is 2.89. The molecule has 14 heavy (non-hydrogen) atoms. The first-order valence-corrected chi connectivity index (χ1v) is 4.82. The molecule has 70 valence electrons. The fraction of sp³-hybridized carbons (Fsp3) is 0. The minimum atomic E-state index is -0.511. The number of hydrogen-bond acceptors (Lipinski definition) is 2. The molecule has 1 aromatic carbocycles. The summed E-state index contributed by atoms with van der Waals surface area (Å²) in [6.45, 7) is 0. The molecule has 0 fully saturated rings. The maximum atomic E-state index is 10.9. The largest absolute Gasteiger partial charge is 0.364 e. The summed E-state index contributed by atoms with van der Waals surface area (Å²) in [6.07, 6.45) is 1.64. The minimum Gasteiger partial charge on any atom is -0.364 e. The van der Waals surface area contributed by atoms with E-state index in [4.69, 9.17) is 5.73 Å². The van der Waals surface area contributed by atoms with Crippen molar-refractivity contribution in [2.45, 2.75) is 0 Å². The highest BCUT2D eigenvalue weighted by Gasteiger charge is 2.04. The van der Waals surface area contributed by atoms with Gasteiger partial charge < -0.3 is 5.73 Å². The molecule has 0 saturated heterocycles. The van der Waals surface area contributed by atoms with E-state index in [1.54, 1.807) is 12.3 Å². The van der Waals surface area contributed by atoms with Crippen molar-refractivity contribution in [1.82, 2.24) is 4.98 Å². The van der Waals surface area contributed by atoms with Crippen LogP contribution in [0.5, 0.6) is 0 Å². The van der Waals surface area contributed by atoms with E-state index in [1.807, 2.05) is 18.2 Å². The van der Waals surface area contributed by atoms with Crippen molar-refractivity contribution in [3.8, 4) is 0 Å². The minimum absolute atomic E-state index is 0.282. The number of carbonyl (C=O) groups excluding carboxylic acids is 1. The number of primary amides is 1. The van der Waals surface area contributed by atoms with Gasteiger partial charge in [0.2, 0.25) is 0 Å². The average molecular weight is 251 g/mol. The number of pyridine rings is 1. The Morgan fingerprint density at radius 1 is 1.43 bits per heavy atom. The van der Waals surface area contributed by atoms with Gasteiger partial charge in [-0.1, -0.05) is 28.1 Å². The van der Waals surface area contributed by atoms with Crippen molar-refractivity contribution < 1.29 is 4.79 Å². The number of hydrogen-bond donors (Lipinski definition) is 1. The van der Waals surface area contributed by atoms with Gasteiger partial charge in [-0.25, -0.2) is 0 Å². The highest BCUT2D eigenvalue weighted by molar-refractivity contribution is 9.10. The van der Waals surface area contributed by atoms with Gasteiger partial charge >= 0.3 is 0 Å². The summed E-state index contributed by atoms with van der Waals surface area (Å²) >= 11 is 3.40. The van der Waals surface area contributed by atoms with E-state index in [9.17, 15) is 4.79 Å². The molecule has 0 unspecified atom stereocenters. The molecule has 0 atom stereocenters. The van der Waals surface area contributed by atoms with Crippen molar-refractivity contribution >= 4 is 32.6 Å². The molecule has 2 aromatic rings. The second kappa shape index (κ2) is 3.38. The van der Waals surface area contributed by atoms with Gasteiger partial charge in [0, 0.05) is 16.1 Å². The molecule has 1 amide bonds. The smallest absolute Gasteiger partial charge is 0.267 e. The molecule has 1 aromatic heterocycles. The predicted octanol–water partition coefficient (Wildman–Crippen LogP) is 2.10. The Kier molecular flexibility index (Phi) is 2.21. The Labute approximate surface area is 89.1 Å². The average Bonchev–Trinajstić information content (AvgIpc) is 2.18. The molecule has 4 heteroatoms. The monoisotopic (exact) mass is 250 g/mol. The Morgan fingerprint density at radius 2 is 2.21 bits per heavy atom. The van der Waals surface area contributed by atoms with Crippen molar-refractivity contribution in [2.24, 2.45) is 5.73 Å². The highest BCUT2D eigenvalue weighted by atomic mass is 79.9. The maximum absolute atomic E-state index is 10.9. The fourth-order valence-electron chi connectivity index (χ4n) is 1.27. The van der Waals surface area contributed by atoms with Crippen LogP contribution in [-0.2, 0) is 0 Å². The van der Waals surface area contributed by atoms with E-state index in [0.717, 1.165) is 15.2 Å². The zero-order valence-electron chi connectivity index (χ0n) is 7.20. The van der Waals surface area contributed by atoms with Crippen LogP contribution in [0.25, 0.3) is 10.8 Å². The van der Waals surface area contributed by atoms with Crippen LogP contribution in [0, 0.1) is 0 Å². The van der Waals surface area contributed by atoms with Gasteiger partial charge in [0.05, 0.1) is 0 Å². The van der Waals surface area contributed by atoms with Crippen LogP contribution in [0.2, 0.25) is 0 Å². The van der Waals surface area contributed by atoms with Gasteiger partial charge in [-0.3, -0.25) is 9.78 Å². The SMILES string of the molecule is NC(=O)c1cc2c(Br)cccc2cn1. The van der Waals surface area contributed by atoms with Crippen LogP contribution in [-0.4, -0.2) is 10.9 Å². The lowest BCUT2D eigenvalue weighted by Crippen LogP contribution is -2.12. The number of aromatic nitrogens is 1. The molecule has 0 aliphatic heterocycles. The van der Waals surface area contributed by atoms with Crippen LogP contribution in [0.4, 0.5) is 0 Å². The van der Waals surface area contributed by atoms with E-state index < -0.39 is 5.91 Å². The Bertz CT molecular complexity index is 510. The Hall–Kier alpha value is -1.42.